The molecule has 0 unspecified atom stereocenters. The molecule has 0 rings (SSSR count). The molecule has 0 aliphatic carbocycles. The minimum atomic E-state index is -1.24. The van der Waals surface area contributed by atoms with Crippen LogP contribution >= 0.6 is 20.8 Å². The topological polar surface area (TPSA) is 0 Å². The first-order chi connectivity index (χ1) is 2.24. The van der Waals surface area contributed by atoms with E-state index in [4.69, 9.17) is 0 Å². The van der Waals surface area contributed by atoms with Crippen LogP contribution in [-0.4, -0.2) is 26.7 Å². The van der Waals surface area contributed by atoms with Crippen LogP contribution in [0.5, 0.6) is 0 Å². The molecule has 0 bridgehead atoms. The fraction of sp³-hybridized carbons (Fsp3) is 1.00. The molecule has 0 nitrogen and oxygen atoms in total. The summed E-state index contributed by atoms with van der Waals surface area (Å²) in [6.45, 7) is 9.02. The van der Waals surface area contributed by atoms with Crippen molar-refractivity contribution >= 4 is 20.8 Å². The van der Waals surface area contributed by atoms with Crippen molar-refractivity contribution in [2.45, 2.75) is 0 Å². The van der Waals surface area contributed by atoms with E-state index in [1.165, 1.54) is 0 Å². The molecule has 0 saturated heterocycles. The van der Waals surface area contributed by atoms with Crippen LogP contribution in [0.1, 0.15) is 0 Å². The van der Waals surface area contributed by atoms with Gasteiger partial charge in [-0.25, -0.2) is 0 Å². The zero-order valence-electron chi connectivity index (χ0n) is 4.83. The van der Waals surface area contributed by atoms with Gasteiger partial charge in [0.25, 0.3) is 0 Å². The average molecular weight is 171 g/mol. The quantitative estimate of drug-likeness (QED) is 0.490. The molecule has 0 aromatic heterocycles. The summed E-state index contributed by atoms with van der Waals surface area (Å²) in [5, 5.41) is -1.24. The predicted molar refractivity (Wildman–Crippen MR) is 39.5 cm³/mol. The van der Waals surface area contributed by atoms with E-state index in [-0.39, 0.29) is 0 Å². The molecule has 0 amide bonds. The average Bonchev–Trinajstić information content (AvgIpc) is 0.650. The molecule has 0 aliphatic heterocycles. The van der Waals surface area contributed by atoms with Gasteiger partial charge in [-0.1, -0.05) is 0 Å². The van der Waals surface area contributed by atoms with Crippen molar-refractivity contribution in [2.24, 2.45) is 0 Å². The van der Waals surface area contributed by atoms with E-state index in [0.29, 0.717) is 0 Å². The molecule has 0 fully saturated rings. The summed E-state index contributed by atoms with van der Waals surface area (Å²) < 4.78 is 0. The molecule has 0 radical (unpaired) electrons. The summed E-state index contributed by atoms with van der Waals surface area (Å²) in [6.07, 6.45) is 0. The van der Waals surface area contributed by atoms with Gasteiger partial charge >= 0.3 is 47.5 Å². The van der Waals surface area contributed by atoms with Crippen molar-refractivity contribution in [2.75, 3.05) is 26.7 Å². The molecule has 0 aromatic carbocycles. The Balaban J connectivity index is 3.73. The van der Waals surface area contributed by atoms with E-state index in [0.717, 1.165) is 0 Å². The summed E-state index contributed by atoms with van der Waals surface area (Å²) in [6, 6.07) is 0. The Morgan fingerprint density at radius 3 is 1.00 bits per heavy atom. The normalized spacial score (nSPS) is 19.2. The third-order valence-corrected chi connectivity index (χ3v) is 0. The van der Waals surface area contributed by atoms with Crippen molar-refractivity contribution in [1.29, 1.82) is 0 Å². The summed E-state index contributed by atoms with van der Waals surface area (Å²) >= 11 is 3.61. The van der Waals surface area contributed by atoms with E-state index in [2.05, 4.69) is 42.1 Å². The first-order valence-corrected chi connectivity index (χ1v) is 8.00. The molecule has 6 heavy (non-hydrogen) atoms. The van der Waals surface area contributed by atoms with Gasteiger partial charge in [0.05, 0.1) is 0 Å². The maximum absolute atomic E-state index is 3.61. The molecule has 40 valence electrons. The van der Waals surface area contributed by atoms with Gasteiger partial charge in [0.1, 0.15) is 0 Å². The molecule has 0 heterocycles. The molecule has 0 N–H and O–H groups in total. The number of rotatable bonds is 0. The fourth-order valence-electron chi connectivity index (χ4n) is 0. The molecule has 0 aromatic rings. The monoisotopic (exact) mass is 170 g/mol. The van der Waals surface area contributed by atoms with Crippen molar-refractivity contribution in [3.05, 3.63) is 0 Å². The van der Waals surface area contributed by atoms with Gasteiger partial charge in [0, 0.05) is 0 Å². The van der Waals surface area contributed by atoms with E-state index < -0.39 is 5.31 Å². The Kier molecular flexibility index (Phi) is 1.38. The van der Waals surface area contributed by atoms with Crippen LogP contribution in [0.25, 0.3) is 0 Å². The van der Waals surface area contributed by atoms with Gasteiger partial charge in [-0.15, -0.1) is 0 Å². The Morgan fingerprint density at radius 2 is 1.00 bits per heavy atom. The summed E-state index contributed by atoms with van der Waals surface area (Å²) in [5.41, 5.74) is 0. The SMILES string of the molecule is CP(C)(C)(C)Br. The maximum atomic E-state index is 3.61. The Labute approximate surface area is 48.0 Å². The molecule has 0 atom stereocenters. The zero-order valence-corrected chi connectivity index (χ0v) is 7.31. The van der Waals surface area contributed by atoms with Gasteiger partial charge in [0.15, 0.2) is 0 Å². The standard InChI is InChI=1S/C4H12BrP/c1-6(2,3,4)5/h1-4H3. The van der Waals surface area contributed by atoms with Gasteiger partial charge in [-0.2, -0.15) is 0 Å². The fourth-order valence-corrected chi connectivity index (χ4v) is 0. The van der Waals surface area contributed by atoms with Crippen molar-refractivity contribution in [1.82, 2.24) is 0 Å². The van der Waals surface area contributed by atoms with E-state index >= 15 is 0 Å². The first kappa shape index (κ1) is 6.91. The number of halogens is 1. The van der Waals surface area contributed by atoms with Gasteiger partial charge in [-0.05, 0) is 0 Å². The molecule has 0 spiro atoms. The minimum absolute atomic E-state index is 1.24. The zero-order chi connectivity index (χ0) is 5.45. The number of hydrogen-bond acceptors (Lipinski definition) is 0. The van der Waals surface area contributed by atoms with Gasteiger partial charge in [-0.3, -0.25) is 0 Å². The predicted octanol–water partition coefficient (Wildman–Crippen LogP) is 2.37. The van der Waals surface area contributed by atoms with Crippen molar-refractivity contribution in [3.8, 4) is 0 Å². The van der Waals surface area contributed by atoms with Crippen LogP contribution < -0.4 is 0 Å². The summed E-state index contributed by atoms with van der Waals surface area (Å²) in [4.78, 5) is 0. The van der Waals surface area contributed by atoms with E-state index in [9.17, 15) is 0 Å². The van der Waals surface area contributed by atoms with Crippen LogP contribution in [0.15, 0.2) is 0 Å². The Bertz CT molecular complexity index is 40.7. The molecular formula is C4H12BrP. The summed E-state index contributed by atoms with van der Waals surface area (Å²) in [7, 11) is 0. The van der Waals surface area contributed by atoms with E-state index in [1.54, 1.807) is 0 Å². The molecule has 0 aliphatic rings. The van der Waals surface area contributed by atoms with Gasteiger partial charge in [0.2, 0.25) is 0 Å². The Morgan fingerprint density at radius 1 is 1.00 bits per heavy atom. The second-order valence-corrected chi connectivity index (χ2v) is 18.6. The molecule has 0 saturated carbocycles. The van der Waals surface area contributed by atoms with Crippen molar-refractivity contribution < 1.29 is 0 Å². The van der Waals surface area contributed by atoms with E-state index in [1.807, 2.05) is 0 Å². The molecule has 2 heteroatoms. The van der Waals surface area contributed by atoms with Crippen LogP contribution in [0.2, 0.25) is 0 Å². The Hall–Kier alpha value is 0.910. The summed E-state index contributed by atoms with van der Waals surface area (Å²) in [5.74, 6) is 0. The third-order valence-electron chi connectivity index (χ3n) is 0. The number of hydrogen-bond donors (Lipinski definition) is 0. The second-order valence-electron chi connectivity index (χ2n) is 3.36. The first-order valence-electron chi connectivity index (χ1n) is 1.96. The van der Waals surface area contributed by atoms with Crippen LogP contribution in [0.4, 0.5) is 0 Å². The molecular weight excluding hydrogens is 159 g/mol. The van der Waals surface area contributed by atoms with Crippen molar-refractivity contribution in [3.63, 3.8) is 0 Å². The van der Waals surface area contributed by atoms with Crippen LogP contribution in [-0.2, 0) is 0 Å². The third kappa shape index (κ3) is 90.6. The second kappa shape index (κ2) is 1.20. The van der Waals surface area contributed by atoms with Crippen LogP contribution in [0.3, 0.4) is 0 Å². The van der Waals surface area contributed by atoms with Gasteiger partial charge < -0.3 is 0 Å². The van der Waals surface area contributed by atoms with Crippen LogP contribution in [0, 0.1) is 0 Å².